The predicted octanol–water partition coefficient (Wildman–Crippen LogP) is 7.57. The van der Waals surface area contributed by atoms with Crippen molar-refractivity contribution in [2.24, 2.45) is 0 Å². The van der Waals surface area contributed by atoms with Crippen molar-refractivity contribution in [2.45, 2.75) is 13.6 Å². The Labute approximate surface area is 189 Å². The first-order chi connectivity index (χ1) is 15.7. The average molecular weight is 409 g/mol. The van der Waals surface area contributed by atoms with E-state index in [0.717, 1.165) is 0 Å². The zero-order valence-electron chi connectivity index (χ0n) is 18.4. The molecule has 1 heterocycles. The van der Waals surface area contributed by atoms with Gasteiger partial charge in [-0.05, 0) is 46.2 Å². The molecule has 0 fully saturated rings. The number of hydrogen-bond acceptors (Lipinski definition) is 0. The topological polar surface area (TPSA) is 4.93 Å². The number of fused-ring (bicyclic) bond motifs is 4. The van der Waals surface area contributed by atoms with Gasteiger partial charge in [-0.1, -0.05) is 104 Å². The molecule has 0 amide bonds. The summed E-state index contributed by atoms with van der Waals surface area (Å²) in [5.74, 6) is 0. The summed E-state index contributed by atoms with van der Waals surface area (Å²) in [4.78, 5) is 0. The van der Waals surface area contributed by atoms with Crippen LogP contribution in [0.25, 0.3) is 49.4 Å². The zero-order valence-corrected chi connectivity index (χ0v) is 18.4. The van der Waals surface area contributed by atoms with Gasteiger partial charge >= 0.3 is 0 Å². The molecule has 0 aliphatic rings. The number of hydrogen-bond donors (Lipinski definition) is 0. The van der Waals surface area contributed by atoms with Gasteiger partial charge in [0.15, 0.2) is 6.71 Å². The van der Waals surface area contributed by atoms with Gasteiger partial charge in [0, 0.05) is 16.5 Å². The van der Waals surface area contributed by atoms with Gasteiger partial charge in [-0.25, -0.2) is 0 Å². The van der Waals surface area contributed by atoms with E-state index in [1.165, 1.54) is 54.9 Å². The smallest absolute Gasteiger partial charge is 0.170 e. The van der Waals surface area contributed by atoms with Crippen molar-refractivity contribution in [1.82, 2.24) is 4.57 Å². The Hall–Kier alpha value is -3.78. The molecule has 0 radical (unpaired) electrons. The Kier molecular flexibility index (Phi) is 4.40. The van der Waals surface area contributed by atoms with E-state index in [0.29, 0.717) is 6.71 Å². The lowest BCUT2D eigenvalue weighted by atomic mass is 9.48. The minimum Gasteiger partial charge on any atom is -0.309 e. The van der Waals surface area contributed by atoms with E-state index in [1.807, 2.05) is 0 Å². The van der Waals surface area contributed by atoms with Crippen LogP contribution in [0.3, 0.4) is 0 Å². The highest BCUT2D eigenvalue weighted by molar-refractivity contribution is 6.73. The first-order valence-corrected chi connectivity index (χ1v) is 11.3. The Morgan fingerprint density at radius 1 is 0.500 bits per heavy atom. The molecule has 0 unspecified atom stereocenters. The highest BCUT2D eigenvalue weighted by atomic mass is 15.0. The molecule has 152 valence electrons. The molecule has 5 aromatic carbocycles. The third kappa shape index (κ3) is 2.87. The van der Waals surface area contributed by atoms with Crippen LogP contribution < -0.4 is 5.46 Å². The van der Waals surface area contributed by atoms with Gasteiger partial charge in [-0.15, -0.1) is 0 Å². The summed E-state index contributed by atoms with van der Waals surface area (Å²) in [5, 5.41) is 5.26. The molecule has 0 spiro atoms. The minimum atomic E-state index is 0.506. The molecule has 0 saturated carbocycles. The highest BCUT2D eigenvalue weighted by Gasteiger charge is 2.13. The van der Waals surface area contributed by atoms with Crippen LogP contribution in [-0.4, -0.2) is 11.3 Å². The van der Waals surface area contributed by atoms with Crippen LogP contribution in [0, 0.1) is 0 Å². The van der Waals surface area contributed by atoms with Gasteiger partial charge in [-0.3, -0.25) is 0 Å². The second kappa shape index (κ2) is 7.42. The first kappa shape index (κ1) is 19.0. The van der Waals surface area contributed by atoms with Gasteiger partial charge in [0.25, 0.3) is 0 Å². The second-order valence-electron chi connectivity index (χ2n) is 8.82. The van der Waals surface area contributed by atoms with E-state index >= 15 is 0 Å². The van der Waals surface area contributed by atoms with Gasteiger partial charge in [0.2, 0.25) is 0 Å². The Bertz CT molecular complexity index is 1540. The van der Waals surface area contributed by atoms with Crippen molar-refractivity contribution < 1.29 is 0 Å². The molecular formula is C30H24BN. The molecule has 1 nitrogen and oxygen atoms in total. The van der Waals surface area contributed by atoms with Crippen LogP contribution in [0.2, 0.25) is 13.6 Å². The second-order valence-corrected chi connectivity index (χ2v) is 8.82. The van der Waals surface area contributed by atoms with Crippen LogP contribution in [0.15, 0.2) is 109 Å². The Morgan fingerprint density at radius 3 is 1.62 bits per heavy atom. The normalized spacial score (nSPS) is 11.4. The summed E-state index contributed by atoms with van der Waals surface area (Å²) in [6.07, 6.45) is 0. The maximum atomic E-state index is 2.37. The van der Waals surface area contributed by atoms with Crippen LogP contribution in [0.5, 0.6) is 0 Å². The lowest BCUT2D eigenvalue weighted by Crippen LogP contribution is -2.23. The van der Waals surface area contributed by atoms with Crippen molar-refractivity contribution in [1.29, 1.82) is 0 Å². The summed E-state index contributed by atoms with van der Waals surface area (Å²) < 4.78 is 2.37. The molecule has 6 rings (SSSR count). The van der Waals surface area contributed by atoms with Gasteiger partial charge < -0.3 is 4.57 Å². The van der Waals surface area contributed by atoms with Gasteiger partial charge in [-0.2, -0.15) is 0 Å². The van der Waals surface area contributed by atoms with Crippen LogP contribution in [0.1, 0.15) is 0 Å². The molecular weight excluding hydrogens is 385 g/mol. The van der Waals surface area contributed by atoms with E-state index in [1.54, 1.807) is 0 Å². The van der Waals surface area contributed by atoms with Gasteiger partial charge in [0.1, 0.15) is 0 Å². The third-order valence-electron chi connectivity index (χ3n) is 6.60. The number of para-hydroxylation sites is 2. The van der Waals surface area contributed by atoms with Crippen molar-refractivity contribution in [3.05, 3.63) is 109 Å². The van der Waals surface area contributed by atoms with Crippen molar-refractivity contribution in [2.75, 3.05) is 0 Å². The minimum absolute atomic E-state index is 0.506. The standard InChI is InChI=1S/C30H24BN/c1-31(2)28-20-19-23(24-9-3-4-10-25(24)28)21-15-17-22(18-16-21)32-29-13-7-5-11-26(29)27-12-6-8-14-30(27)32/h3-20H,1-2H3. The zero-order chi connectivity index (χ0) is 21.7. The summed E-state index contributed by atoms with van der Waals surface area (Å²) >= 11 is 0. The van der Waals surface area contributed by atoms with E-state index in [4.69, 9.17) is 0 Å². The van der Waals surface area contributed by atoms with Crippen molar-refractivity contribution in [3.8, 4) is 16.8 Å². The summed E-state index contributed by atoms with van der Waals surface area (Å²) in [6.45, 7) is 5.04. The Balaban J connectivity index is 1.52. The fourth-order valence-electron chi connectivity index (χ4n) is 5.07. The monoisotopic (exact) mass is 409 g/mol. The quantitative estimate of drug-likeness (QED) is 0.266. The third-order valence-corrected chi connectivity index (χ3v) is 6.60. The molecule has 0 atom stereocenters. The van der Waals surface area contributed by atoms with Crippen LogP contribution >= 0.6 is 0 Å². The molecule has 0 N–H and O–H groups in total. The molecule has 0 bridgehead atoms. The number of aromatic nitrogens is 1. The van der Waals surface area contributed by atoms with Crippen molar-refractivity contribution >= 4 is 44.8 Å². The fourth-order valence-corrected chi connectivity index (χ4v) is 5.07. The van der Waals surface area contributed by atoms with Crippen molar-refractivity contribution in [3.63, 3.8) is 0 Å². The largest absolute Gasteiger partial charge is 0.309 e. The molecule has 1 aromatic heterocycles. The number of nitrogens with zero attached hydrogens (tertiary/aromatic N) is 1. The lowest BCUT2D eigenvalue weighted by Gasteiger charge is -2.14. The molecule has 6 aromatic rings. The van der Waals surface area contributed by atoms with Gasteiger partial charge in [0.05, 0.1) is 11.0 Å². The summed E-state index contributed by atoms with van der Waals surface area (Å²) in [5.41, 5.74) is 7.63. The predicted molar refractivity (Wildman–Crippen MR) is 141 cm³/mol. The van der Waals surface area contributed by atoms with E-state index in [9.17, 15) is 0 Å². The average Bonchev–Trinajstić information content (AvgIpc) is 3.18. The summed E-state index contributed by atoms with van der Waals surface area (Å²) in [7, 11) is 0. The maximum absolute atomic E-state index is 2.37. The summed E-state index contributed by atoms with van der Waals surface area (Å²) in [6, 6.07) is 39.7. The van der Waals surface area contributed by atoms with Crippen LogP contribution in [0.4, 0.5) is 0 Å². The van der Waals surface area contributed by atoms with Crippen LogP contribution in [-0.2, 0) is 0 Å². The SMILES string of the molecule is CB(C)c1ccc(-c2ccc(-n3c4ccccc4c4ccccc43)cc2)c2ccccc12. The first-order valence-electron chi connectivity index (χ1n) is 11.3. The molecule has 0 aliphatic heterocycles. The van der Waals surface area contributed by atoms with E-state index < -0.39 is 0 Å². The molecule has 2 heteroatoms. The maximum Gasteiger partial charge on any atom is 0.170 e. The Morgan fingerprint density at radius 2 is 1.03 bits per heavy atom. The van der Waals surface area contributed by atoms with E-state index in [2.05, 4.69) is 127 Å². The highest BCUT2D eigenvalue weighted by Crippen LogP contribution is 2.33. The number of benzene rings is 5. The molecule has 32 heavy (non-hydrogen) atoms. The number of rotatable bonds is 3. The molecule has 0 saturated heterocycles. The molecule has 0 aliphatic carbocycles. The van der Waals surface area contributed by atoms with E-state index in [-0.39, 0.29) is 0 Å². The fraction of sp³-hybridized carbons (Fsp3) is 0.0667. The lowest BCUT2D eigenvalue weighted by molar-refractivity contribution is 1.18.